The van der Waals surface area contributed by atoms with Crippen LogP contribution in [0.1, 0.15) is 15.9 Å². The monoisotopic (exact) mass is 347 g/mol. The number of amides is 2. The molecule has 0 fully saturated rings. The quantitative estimate of drug-likeness (QED) is 0.466. The van der Waals surface area contributed by atoms with E-state index in [0.717, 1.165) is 17.3 Å². The van der Waals surface area contributed by atoms with Crippen molar-refractivity contribution in [1.82, 2.24) is 15.3 Å². The molecule has 0 aliphatic heterocycles. The SMILES string of the molecule is CNC(=O)CSc1nc(N)c(NC(=O)c2ccc(C)cc2)c(=O)[nH]1. The van der Waals surface area contributed by atoms with Crippen LogP contribution in [0.15, 0.2) is 34.2 Å². The van der Waals surface area contributed by atoms with Gasteiger partial charge in [0.05, 0.1) is 5.75 Å². The molecule has 24 heavy (non-hydrogen) atoms. The van der Waals surface area contributed by atoms with E-state index in [9.17, 15) is 14.4 Å². The summed E-state index contributed by atoms with van der Waals surface area (Å²) in [6.45, 7) is 1.91. The number of benzene rings is 1. The van der Waals surface area contributed by atoms with E-state index in [1.54, 1.807) is 24.3 Å². The van der Waals surface area contributed by atoms with Gasteiger partial charge in [-0.2, -0.15) is 0 Å². The number of nitrogen functional groups attached to an aromatic ring is 1. The van der Waals surface area contributed by atoms with Crippen molar-refractivity contribution in [2.45, 2.75) is 12.1 Å². The van der Waals surface area contributed by atoms with Crippen molar-refractivity contribution < 1.29 is 9.59 Å². The molecule has 0 saturated carbocycles. The Morgan fingerprint density at radius 1 is 1.29 bits per heavy atom. The second kappa shape index (κ2) is 7.64. The molecule has 0 saturated heterocycles. The van der Waals surface area contributed by atoms with E-state index in [4.69, 9.17) is 5.73 Å². The minimum atomic E-state index is -0.581. The summed E-state index contributed by atoms with van der Waals surface area (Å²) in [7, 11) is 1.51. The van der Waals surface area contributed by atoms with Crippen LogP contribution in [-0.2, 0) is 4.79 Å². The van der Waals surface area contributed by atoms with Gasteiger partial charge < -0.3 is 16.4 Å². The minimum absolute atomic E-state index is 0.0912. The predicted molar refractivity (Wildman–Crippen MR) is 93.2 cm³/mol. The van der Waals surface area contributed by atoms with E-state index in [0.29, 0.717) is 5.56 Å². The van der Waals surface area contributed by atoms with Gasteiger partial charge in [-0.25, -0.2) is 4.98 Å². The fourth-order valence-electron chi connectivity index (χ4n) is 1.76. The molecule has 0 bridgehead atoms. The third-order valence-electron chi connectivity index (χ3n) is 3.10. The number of aromatic amines is 1. The van der Waals surface area contributed by atoms with Crippen molar-refractivity contribution in [3.8, 4) is 0 Å². The minimum Gasteiger partial charge on any atom is -0.382 e. The Morgan fingerprint density at radius 3 is 2.54 bits per heavy atom. The Balaban J connectivity index is 2.16. The first-order valence-electron chi connectivity index (χ1n) is 7.02. The van der Waals surface area contributed by atoms with Crippen LogP contribution in [-0.4, -0.2) is 34.6 Å². The smallest absolute Gasteiger partial charge is 0.277 e. The van der Waals surface area contributed by atoms with Gasteiger partial charge in [-0.1, -0.05) is 29.5 Å². The number of thioether (sulfide) groups is 1. The Hall–Kier alpha value is -2.81. The molecule has 0 aliphatic rings. The second-order valence-corrected chi connectivity index (χ2v) is 5.88. The van der Waals surface area contributed by atoms with Crippen molar-refractivity contribution in [3.63, 3.8) is 0 Å². The van der Waals surface area contributed by atoms with E-state index in [1.165, 1.54) is 7.05 Å². The molecule has 2 aromatic rings. The fraction of sp³-hybridized carbons (Fsp3) is 0.200. The number of aryl methyl sites for hydroxylation is 1. The van der Waals surface area contributed by atoms with Crippen LogP contribution < -0.4 is 21.9 Å². The van der Waals surface area contributed by atoms with Gasteiger partial charge in [0.15, 0.2) is 11.0 Å². The Labute approximate surface area is 142 Å². The van der Waals surface area contributed by atoms with Crippen LogP contribution in [0.2, 0.25) is 0 Å². The van der Waals surface area contributed by atoms with Gasteiger partial charge in [0, 0.05) is 12.6 Å². The largest absolute Gasteiger partial charge is 0.382 e. The highest BCUT2D eigenvalue weighted by atomic mass is 32.2. The highest BCUT2D eigenvalue weighted by Gasteiger charge is 2.14. The fourth-order valence-corrected chi connectivity index (χ4v) is 2.49. The zero-order valence-electron chi connectivity index (χ0n) is 13.2. The molecule has 0 spiro atoms. The third-order valence-corrected chi connectivity index (χ3v) is 3.97. The first-order valence-corrected chi connectivity index (χ1v) is 8.00. The average Bonchev–Trinajstić information content (AvgIpc) is 2.56. The summed E-state index contributed by atoms with van der Waals surface area (Å²) in [6.07, 6.45) is 0. The summed E-state index contributed by atoms with van der Waals surface area (Å²) in [5.74, 6) is -0.690. The third kappa shape index (κ3) is 4.35. The molecule has 1 aromatic heterocycles. The molecule has 8 nitrogen and oxygen atoms in total. The van der Waals surface area contributed by atoms with Crippen LogP contribution in [0.5, 0.6) is 0 Å². The number of anilines is 2. The molecule has 0 atom stereocenters. The molecule has 5 N–H and O–H groups in total. The molecule has 0 aliphatic carbocycles. The number of nitrogens with two attached hydrogens (primary N) is 1. The molecule has 2 rings (SSSR count). The number of hydrogen-bond acceptors (Lipinski definition) is 6. The van der Waals surface area contributed by atoms with Crippen LogP contribution in [0.25, 0.3) is 0 Å². The van der Waals surface area contributed by atoms with E-state index in [2.05, 4.69) is 20.6 Å². The van der Waals surface area contributed by atoms with Gasteiger partial charge in [0.1, 0.15) is 5.69 Å². The zero-order chi connectivity index (χ0) is 17.7. The summed E-state index contributed by atoms with van der Waals surface area (Å²) < 4.78 is 0. The van der Waals surface area contributed by atoms with Crippen molar-refractivity contribution >= 4 is 35.1 Å². The standard InChI is InChI=1S/C15H17N5O3S/c1-8-3-5-9(6-4-8)13(22)18-11-12(16)19-15(20-14(11)23)24-7-10(21)17-2/h3-6H,7H2,1-2H3,(H,17,21)(H,18,22)(H3,16,19,20,23). The number of aromatic nitrogens is 2. The second-order valence-electron chi connectivity index (χ2n) is 4.91. The van der Waals surface area contributed by atoms with E-state index >= 15 is 0 Å². The topological polar surface area (TPSA) is 130 Å². The van der Waals surface area contributed by atoms with Crippen molar-refractivity contribution in [2.24, 2.45) is 0 Å². The maximum Gasteiger partial charge on any atom is 0.277 e. The van der Waals surface area contributed by atoms with Crippen molar-refractivity contribution in [2.75, 3.05) is 23.9 Å². The molecule has 0 radical (unpaired) electrons. The summed E-state index contributed by atoms with van der Waals surface area (Å²) in [4.78, 5) is 41.9. The molecule has 1 aromatic carbocycles. The highest BCUT2D eigenvalue weighted by molar-refractivity contribution is 7.99. The maximum absolute atomic E-state index is 12.2. The number of H-pyrrole nitrogens is 1. The van der Waals surface area contributed by atoms with Gasteiger partial charge >= 0.3 is 0 Å². The van der Waals surface area contributed by atoms with Gasteiger partial charge in [-0.3, -0.25) is 19.4 Å². The van der Waals surface area contributed by atoms with Gasteiger partial charge in [0.2, 0.25) is 5.91 Å². The lowest BCUT2D eigenvalue weighted by Crippen LogP contribution is -2.24. The molecular weight excluding hydrogens is 330 g/mol. The number of carbonyl (C=O) groups excluding carboxylic acids is 2. The lowest BCUT2D eigenvalue weighted by Gasteiger charge is -2.08. The van der Waals surface area contributed by atoms with Crippen molar-refractivity contribution in [1.29, 1.82) is 0 Å². The maximum atomic E-state index is 12.2. The lowest BCUT2D eigenvalue weighted by atomic mass is 10.1. The van der Waals surface area contributed by atoms with E-state index in [-0.39, 0.29) is 28.3 Å². The zero-order valence-corrected chi connectivity index (χ0v) is 14.0. The Kier molecular flexibility index (Phi) is 5.59. The summed E-state index contributed by atoms with van der Waals surface area (Å²) in [5.41, 5.74) is 6.47. The Morgan fingerprint density at radius 2 is 1.96 bits per heavy atom. The van der Waals surface area contributed by atoms with Crippen LogP contribution in [0.3, 0.4) is 0 Å². The first kappa shape index (κ1) is 17.5. The van der Waals surface area contributed by atoms with Gasteiger partial charge in [-0.05, 0) is 19.1 Å². The number of hydrogen-bond donors (Lipinski definition) is 4. The lowest BCUT2D eigenvalue weighted by molar-refractivity contribution is -0.118. The van der Waals surface area contributed by atoms with Gasteiger partial charge in [0.25, 0.3) is 11.5 Å². The normalized spacial score (nSPS) is 10.2. The summed E-state index contributed by atoms with van der Waals surface area (Å²) >= 11 is 1.04. The van der Waals surface area contributed by atoms with Crippen LogP contribution in [0, 0.1) is 6.92 Å². The highest BCUT2D eigenvalue weighted by Crippen LogP contribution is 2.17. The predicted octanol–water partition coefficient (Wildman–Crippen LogP) is 0.751. The van der Waals surface area contributed by atoms with Gasteiger partial charge in [-0.15, -0.1) is 0 Å². The molecule has 1 heterocycles. The molecular formula is C15H17N5O3S. The van der Waals surface area contributed by atoms with Crippen LogP contribution in [0.4, 0.5) is 11.5 Å². The number of nitrogens with one attached hydrogen (secondary N) is 3. The molecule has 2 amide bonds. The Bertz CT molecular complexity index is 817. The number of rotatable bonds is 5. The molecule has 126 valence electrons. The number of nitrogens with zero attached hydrogens (tertiary/aromatic N) is 1. The van der Waals surface area contributed by atoms with Crippen LogP contribution >= 0.6 is 11.8 Å². The van der Waals surface area contributed by atoms with E-state index < -0.39 is 11.5 Å². The average molecular weight is 347 g/mol. The summed E-state index contributed by atoms with van der Waals surface area (Å²) in [5, 5.41) is 5.12. The van der Waals surface area contributed by atoms with Crippen molar-refractivity contribution in [3.05, 3.63) is 45.7 Å². The molecule has 9 heteroatoms. The summed E-state index contributed by atoms with van der Waals surface area (Å²) in [6, 6.07) is 6.88. The number of carbonyl (C=O) groups is 2. The first-order chi connectivity index (χ1) is 11.4. The molecule has 0 unspecified atom stereocenters. The van der Waals surface area contributed by atoms with E-state index in [1.807, 2.05) is 6.92 Å².